The molecule has 140 valence electrons. The van der Waals surface area contributed by atoms with Gasteiger partial charge in [-0.15, -0.1) is 0 Å². The van der Waals surface area contributed by atoms with Gasteiger partial charge in [0.05, 0.1) is 13.2 Å². The van der Waals surface area contributed by atoms with E-state index in [4.69, 9.17) is 14.2 Å². The first-order chi connectivity index (χ1) is 13.0. The molecule has 27 heavy (non-hydrogen) atoms. The van der Waals surface area contributed by atoms with Gasteiger partial charge >= 0.3 is 5.97 Å². The maximum atomic E-state index is 13.3. The second kappa shape index (κ2) is 7.99. The molecular weight excluding hydrogens is 356 g/mol. The smallest absolute Gasteiger partial charge is 0.363 e. The molecule has 0 atom stereocenters. The Balaban J connectivity index is 1.92. The van der Waals surface area contributed by atoms with E-state index in [-0.39, 0.29) is 11.6 Å². The third-order valence-corrected chi connectivity index (χ3v) is 3.66. The number of ether oxygens (including phenoxy) is 3. The lowest BCUT2D eigenvalue weighted by Gasteiger charge is -2.11. The molecule has 5 nitrogen and oxygen atoms in total. The number of carbonyl (C=O) groups excluding carboxylic acids is 1. The van der Waals surface area contributed by atoms with E-state index in [0.29, 0.717) is 35.8 Å². The predicted molar refractivity (Wildman–Crippen MR) is 95.7 cm³/mol. The molecule has 0 saturated heterocycles. The molecule has 2 aromatic rings. The van der Waals surface area contributed by atoms with Gasteiger partial charge in [-0.25, -0.2) is 18.6 Å². The lowest BCUT2D eigenvalue weighted by Crippen LogP contribution is -2.06. The number of nitrogens with zero attached hydrogens (tertiary/aromatic N) is 1. The average molecular weight is 373 g/mol. The highest BCUT2D eigenvalue weighted by Crippen LogP contribution is 2.30. The summed E-state index contributed by atoms with van der Waals surface area (Å²) in [5.41, 5.74) is 0.819. The van der Waals surface area contributed by atoms with Crippen LogP contribution in [-0.4, -0.2) is 25.1 Å². The first kappa shape index (κ1) is 18.6. The summed E-state index contributed by atoms with van der Waals surface area (Å²) in [6.07, 6.45) is 1.33. The van der Waals surface area contributed by atoms with Gasteiger partial charge in [-0.2, -0.15) is 0 Å². The normalized spacial score (nSPS) is 14.9. The molecule has 0 bridgehead atoms. The number of esters is 1. The summed E-state index contributed by atoms with van der Waals surface area (Å²) in [6.45, 7) is 4.63. The number of cyclic esters (lactones) is 1. The Hall–Kier alpha value is -3.22. The SMILES string of the molecule is CCOc1ccc(C2=N/C(=C\c3ccc(F)c(F)c3)C(=O)O2)cc1OCC. The summed E-state index contributed by atoms with van der Waals surface area (Å²) in [7, 11) is 0. The van der Waals surface area contributed by atoms with Crippen molar-refractivity contribution >= 4 is 17.9 Å². The van der Waals surface area contributed by atoms with Gasteiger partial charge < -0.3 is 14.2 Å². The molecule has 0 radical (unpaired) electrons. The molecule has 1 aliphatic heterocycles. The fourth-order valence-electron chi connectivity index (χ4n) is 2.48. The number of halogens is 2. The van der Waals surface area contributed by atoms with Gasteiger partial charge in [0.25, 0.3) is 0 Å². The van der Waals surface area contributed by atoms with Crippen molar-refractivity contribution in [3.05, 3.63) is 64.9 Å². The van der Waals surface area contributed by atoms with Gasteiger partial charge in [0.1, 0.15) is 0 Å². The Morgan fingerprint density at radius 2 is 1.74 bits per heavy atom. The highest BCUT2D eigenvalue weighted by Gasteiger charge is 2.25. The molecule has 0 N–H and O–H groups in total. The molecular formula is C20H17F2NO4. The fraction of sp³-hybridized carbons (Fsp3) is 0.200. The van der Waals surface area contributed by atoms with Crippen LogP contribution in [0.3, 0.4) is 0 Å². The van der Waals surface area contributed by atoms with Crippen molar-refractivity contribution in [2.75, 3.05) is 13.2 Å². The van der Waals surface area contributed by atoms with Crippen molar-refractivity contribution in [3.63, 3.8) is 0 Å². The summed E-state index contributed by atoms with van der Waals surface area (Å²) in [4.78, 5) is 16.2. The van der Waals surface area contributed by atoms with Crippen LogP contribution in [0.4, 0.5) is 8.78 Å². The summed E-state index contributed by atoms with van der Waals surface area (Å²) in [6, 6.07) is 8.37. The van der Waals surface area contributed by atoms with Crippen LogP contribution < -0.4 is 9.47 Å². The molecule has 7 heteroatoms. The van der Waals surface area contributed by atoms with Crippen molar-refractivity contribution in [2.45, 2.75) is 13.8 Å². The van der Waals surface area contributed by atoms with Gasteiger partial charge in [-0.1, -0.05) is 6.07 Å². The number of rotatable bonds is 6. The van der Waals surface area contributed by atoms with Crippen LogP contribution in [-0.2, 0) is 9.53 Å². The van der Waals surface area contributed by atoms with Crippen LogP contribution in [0.15, 0.2) is 47.1 Å². The number of hydrogen-bond acceptors (Lipinski definition) is 5. The van der Waals surface area contributed by atoms with Crippen molar-refractivity contribution in [3.8, 4) is 11.5 Å². The number of aliphatic imine (C=N–C) groups is 1. The van der Waals surface area contributed by atoms with E-state index in [1.54, 1.807) is 18.2 Å². The van der Waals surface area contributed by atoms with Crippen LogP contribution >= 0.6 is 0 Å². The Morgan fingerprint density at radius 3 is 2.44 bits per heavy atom. The zero-order valence-electron chi connectivity index (χ0n) is 14.8. The van der Waals surface area contributed by atoms with Crippen LogP contribution in [0.2, 0.25) is 0 Å². The van der Waals surface area contributed by atoms with Crippen LogP contribution in [0.5, 0.6) is 11.5 Å². The van der Waals surface area contributed by atoms with Gasteiger partial charge in [0, 0.05) is 5.56 Å². The van der Waals surface area contributed by atoms with Gasteiger partial charge in [0.2, 0.25) is 5.90 Å². The first-order valence-corrected chi connectivity index (χ1v) is 8.39. The average Bonchev–Trinajstić information content (AvgIpc) is 3.01. The fourth-order valence-corrected chi connectivity index (χ4v) is 2.48. The van der Waals surface area contributed by atoms with Crippen molar-refractivity contribution in [1.82, 2.24) is 0 Å². The molecule has 0 aliphatic carbocycles. The predicted octanol–water partition coefficient (Wildman–Crippen LogP) is 4.11. The summed E-state index contributed by atoms with van der Waals surface area (Å²) in [5.74, 6) is -1.47. The van der Waals surface area contributed by atoms with Crippen molar-refractivity contribution in [2.24, 2.45) is 4.99 Å². The van der Waals surface area contributed by atoms with E-state index in [2.05, 4.69) is 4.99 Å². The van der Waals surface area contributed by atoms with E-state index >= 15 is 0 Å². The quantitative estimate of drug-likeness (QED) is 0.565. The molecule has 3 rings (SSSR count). The lowest BCUT2D eigenvalue weighted by molar-refractivity contribution is -0.129. The third kappa shape index (κ3) is 4.13. The monoisotopic (exact) mass is 373 g/mol. The first-order valence-electron chi connectivity index (χ1n) is 8.39. The van der Waals surface area contributed by atoms with Crippen molar-refractivity contribution in [1.29, 1.82) is 0 Å². The molecule has 0 amide bonds. The van der Waals surface area contributed by atoms with Crippen LogP contribution in [0.25, 0.3) is 6.08 Å². The number of carbonyl (C=O) groups is 1. The minimum atomic E-state index is -1.01. The van der Waals surface area contributed by atoms with Gasteiger partial charge in [0.15, 0.2) is 28.8 Å². The molecule has 0 fully saturated rings. The molecule has 1 heterocycles. The van der Waals surface area contributed by atoms with Crippen molar-refractivity contribution < 1.29 is 27.8 Å². The number of benzene rings is 2. The Bertz CT molecular complexity index is 938. The summed E-state index contributed by atoms with van der Waals surface area (Å²) < 4.78 is 42.6. The second-order valence-electron chi connectivity index (χ2n) is 5.54. The van der Waals surface area contributed by atoms with E-state index in [1.807, 2.05) is 13.8 Å². The molecule has 1 aliphatic rings. The Kier molecular flexibility index (Phi) is 5.49. The third-order valence-electron chi connectivity index (χ3n) is 3.66. The minimum Gasteiger partial charge on any atom is -0.490 e. The van der Waals surface area contributed by atoms with E-state index in [9.17, 15) is 13.6 Å². The zero-order chi connectivity index (χ0) is 19.4. The van der Waals surface area contributed by atoms with E-state index in [1.165, 1.54) is 12.1 Å². The topological polar surface area (TPSA) is 57.1 Å². The molecule has 0 unspecified atom stereocenters. The lowest BCUT2D eigenvalue weighted by atomic mass is 10.2. The Morgan fingerprint density at radius 1 is 1.00 bits per heavy atom. The van der Waals surface area contributed by atoms with Crippen LogP contribution in [0.1, 0.15) is 25.0 Å². The minimum absolute atomic E-state index is 0.0112. The summed E-state index contributed by atoms with van der Waals surface area (Å²) in [5, 5.41) is 0. The highest BCUT2D eigenvalue weighted by molar-refractivity contribution is 6.13. The largest absolute Gasteiger partial charge is 0.490 e. The van der Waals surface area contributed by atoms with E-state index in [0.717, 1.165) is 12.1 Å². The Labute approximate surface area is 154 Å². The van der Waals surface area contributed by atoms with Gasteiger partial charge in [-0.3, -0.25) is 0 Å². The molecule has 0 aromatic heterocycles. The van der Waals surface area contributed by atoms with Gasteiger partial charge in [-0.05, 0) is 55.8 Å². The molecule has 2 aromatic carbocycles. The maximum absolute atomic E-state index is 13.3. The summed E-state index contributed by atoms with van der Waals surface area (Å²) >= 11 is 0. The number of hydrogen-bond donors (Lipinski definition) is 0. The highest BCUT2D eigenvalue weighted by atomic mass is 19.2. The van der Waals surface area contributed by atoms with Crippen LogP contribution in [0, 0.1) is 11.6 Å². The van der Waals surface area contributed by atoms with E-state index < -0.39 is 17.6 Å². The second-order valence-corrected chi connectivity index (χ2v) is 5.54. The molecule has 0 saturated carbocycles. The zero-order valence-corrected chi connectivity index (χ0v) is 14.8. The molecule has 0 spiro atoms. The maximum Gasteiger partial charge on any atom is 0.363 e. The standard InChI is InChI=1S/C20H17F2NO4/c1-3-25-17-8-6-13(11-18(17)26-4-2)19-23-16(20(24)27-19)10-12-5-7-14(21)15(22)9-12/h5-11H,3-4H2,1-2H3/b16-10-.